The molecule has 7 heteroatoms. The quantitative estimate of drug-likeness (QED) is 0.117. The van der Waals surface area contributed by atoms with Crippen LogP contribution in [0.4, 0.5) is 13.2 Å². The summed E-state index contributed by atoms with van der Waals surface area (Å²) in [6.45, 7) is 9.60. The monoisotopic (exact) mass is 576 g/mol. The molecule has 4 aromatic carbocycles. The minimum atomic E-state index is -4.42. The summed E-state index contributed by atoms with van der Waals surface area (Å²) in [6.07, 6.45) is -0.790. The Balaban J connectivity index is 1.34. The number of nitrogens with zero attached hydrogens (tertiary/aromatic N) is 2. The van der Waals surface area contributed by atoms with Gasteiger partial charge in [0.15, 0.2) is 5.70 Å². The fraction of sp³-hybridized carbons (Fsp3) is 0.0588. The molecule has 198 valence electrons. The van der Waals surface area contributed by atoms with E-state index < -0.39 is 11.7 Å². The second-order valence-electron chi connectivity index (χ2n) is 9.63. The van der Waals surface area contributed by atoms with Gasteiger partial charge in [-0.05, 0) is 53.5 Å². The van der Waals surface area contributed by atoms with Crippen LogP contribution in [0.3, 0.4) is 0 Å². The standard InChI is InChI=1S/C34H19F3N2S2/c1-20-3-7-23(8-4-20)25(19-38)15-21-5-13-27-30(17-21)40-33-28-14-6-22(18-31(28)41-32(27)33)16-29(39-2)24-9-11-26(12-10-24)34(35,36)37/h3-18H,1H3/b25-15+,29-16-. The summed E-state index contributed by atoms with van der Waals surface area (Å²) in [4.78, 5) is 3.57. The second-order valence-corrected chi connectivity index (χ2v) is 11.7. The Labute approximate surface area is 242 Å². The van der Waals surface area contributed by atoms with Crippen LogP contribution in [0.25, 0.3) is 57.8 Å². The van der Waals surface area contributed by atoms with Gasteiger partial charge >= 0.3 is 6.18 Å². The number of thiophene rings is 2. The largest absolute Gasteiger partial charge is 0.416 e. The van der Waals surface area contributed by atoms with Gasteiger partial charge in [-0.1, -0.05) is 78.4 Å². The molecule has 2 heterocycles. The van der Waals surface area contributed by atoms with Crippen molar-refractivity contribution in [3.05, 3.63) is 130 Å². The molecule has 0 saturated carbocycles. The number of nitriles is 1. The maximum Gasteiger partial charge on any atom is 0.416 e. The van der Waals surface area contributed by atoms with E-state index in [0.717, 1.165) is 54.6 Å². The third kappa shape index (κ3) is 5.14. The Hall–Kier alpha value is -4.69. The molecule has 2 nitrogen and oxygen atoms in total. The molecule has 0 fully saturated rings. The van der Waals surface area contributed by atoms with Crippen LogP contribution in [0, 0.1) is 24.8 Å². The molecule has 0 N–H and O–H groups in total. The molecule has 6 aromatic rings. The molecule has 0 aliphatic carbocycles. The number of hydrogen-bond donors (Lipinski definition) is 0. The highest BCUT2D eigenvalue weighted by Gasteiger charge is 2.30. The van der Waals surface area contributed by atoms with Crippen molar-refractivity contribution in [2.45, 2.75) is 13.1 Å². The topological polar surface area (TPSA) is 28.1 Å². The average Bonchev–Trinajstić information content (AvgIpc) is 3.50. The van der Waals surface area contributed by atoms with E-state index in [1.807, 2.05) is 61.5 Å². The number of hydrogen-bond acceptors (Lipinski definition) is 3. The zero-order valence-corrected chi connectivity index (χ0v) is 23.2. The van der Waals surface area contributed by atoms with Gasteiger partial charge in [0, 0.05) is 20.2 Å². The molecule has 0 bridgehead atoms. The summed E-state index contributed by atoms with van der Waals surface area (Å²) < 4.78 is 43.4. The zero-order valence-electron chi connectivity index (χ0n) is 21.6. The minimum Gasteiger partial charge on any atom is -0.238 e. The first-order valence-electron chi connectivity index (χ1n) is 12.6. The van der Waals surface area contributed by atoms with Gasteiger partial charge in [-0.25, -0.2) is 4.85 Å². The Morgan fingerprint density at radius 2 is 1.32 bits per heavy atom. The van der Waals surface area contributed by atoms with E-state index in [1.165, 1.54) is 21.5 Å². The van der Waals surface area contributed by atoms with Crippen LogP contribution in [-0.4, -0.2) is 0 Å². The van der Waals surface area contributed by atoms with E-state index in [2.05, 4.69) is 23.0 Å². The molecule has 0 unspecified atom stereocenters. The lowest BCUT2D eigenvalue weighted by Gasteiger charge is -2.07. The second kappa shape index (κ2) is 10.4. The first kappa shape index (κ1) is 26.5. The molecule has 0 saturated heterocycles. The van der Waals surface area contributed by atoms with Crippen molar-refractivity contribution < 1.29 is 13.2 Å². The Bertz CT molecular complexity index is 2100. The van der Waals surface area contributed by atoms with E-state index in [0.29, 0.717) is 11.1 Å². The van der Waals surface area contributed by atoms with Gasteiger partial charge < -0.3 is 0 Å². The summed E-state index contributed by atoms with van der Waals surface area (Å²) in [5.41, 5.74) is 4.42. The molecular weight excluding hydrogens is 558 g/mol. The van der Waals surface area contributed by atoms with Crippen LogP contribution >= 0.6 is 22.7 Å². The summed E-state index contributed by atoms with van der Waals surface area (Å²) in [5, 5.41) is 12.0. The molecular formula is C34H19F3N2S2. The fourth-order valence-corrected chi connectivity index (χ4v) is 7.47. The maximum atomic E-state index is 12.9. The predicted octanol–water partition coefficient (Wildman–Crippen LogP) is 11.1. The number of alkyl halides is 3. The van der Waals surface area contributed by atoms with Crippen molar-refractivity contribution in [2.75, 3.05) is 0 Å². The fourth-order valence-electron chi connectivity index (χ4n) is 4.72. The molecule has 0 spiro atoms. The van der Waals surface area contributed by atoms with Crippen molar-refractivity contribution in [1.82, 2.24) is 0 Å². The van der Waals surface area contributed by atoms with Gasteiger partial charge in [0.25, 0.3) is 0 Å². The molecule has 0 atom stereocenters. The summed E-state index contributed by atoms with van der Waals surface area (Å²) >= 11 is 3.39. The third-order valence-electron chi connectivity index (χ3n) is 6.86. The normalized spacial score (nSPS) is 12.6. The first-order valence-corrected chi connectivity index (χ1v) is 14.2. The third-order valence-corrected chi connectivity index (χ3v) is 9.36. The lowest BCUT2D eigenvalue weighted by Crippen LogP contribution is -2.04. The van der Waals surface area contributed by atoms with Crippen LogP contribution in [0.5, 0.6) is 0 Å². The SMILES string of the molecule is [C-]#[N+]/C(=C\c1ccc2c(c1)sc1c3ccc(/C=C(\C#N)c4ccc(C)cc4)cc3sc21)c1ccc(C(F)(F)F)cc1. The van der Waals surface area contributed by atoms with Gasteiger partial charge in [0.05, 0.1) is 33.2 Å². The molecule has 0 amide bonds. The van der Waals surface area contributed by atoms with E-state index in [9.17, 15) is 18.4 Å². The van der Waals surface area contributed by atoms with Crippen molar-refractivity contribution in [3.8, 4) is 6.07 Å². The molecule has 6 rings (SSSR count). The number of halogens is 3. The molecule has 0 radical (unpaired) electrons. The lowest BCUT2D eigenvalue weighted by molar-refractivity contribution is -0.137. The number of aryl methyl sites for hydroxylation is 1. The lowest BCUT2D eigenvalue weighted by atomic mass is 10.0. The number of allylic oxidation sites excluding steroid dienone is 1. The van der Waals surface area contributed by atoms with Crippen LogP contribution < -0.4 is 0 Å². The summed E-state index contributed by atoms with van der Waals surface area (Å²) in [7, 11) is 0. The van der Waals surface area contributed by atoms with Crippen LogP contribution in [0.2, 0.25) is 0 Å². The highest BCUT2D eigenvalue weighted by atomic mass is 32.1. The van der Waals surface area contributed by atoms with Crippen molar-refractivity contribution >= 4 is 75.7 Å². The van der Waals surface area contributed by atoms with Gasteiger partial charge in [-0.3, -0.25) is 0 Å². The van der Waals surface area contributed by atoms with Gasteiger partial charge in [-0.15, -0.1) is 22.7 Å². The van der Waals surface area contributed by atoms with E-state index >= 15 is 0 Å². The molecule has 0 aliphatic rings. The Morgan fingerprint density at radius 1 is 0.780 bits per heavy atom. The van der Waals surface area contributed by atoms with Gasteiger partial charge in [0.2, 0.25) is 0 Å². The van der Waals surface area contributed by atoms with Crippen LogP contribution in [0.1, 0.15) is 33.4 Å². The first-order chi connectivity index (χ1) is 19.7. The van der Waals surface area contributed by atoms with Crippen molar-refractivity contribution in [3.63, 3.8) is 0 Å². The number of rotatable bonds is 4. The average molecular weight is 577 g/mol. The Morgan fingerprint density at radius 3 is 1.83 bits per heavy atom. The Kier molecular flexibility index (Phi) is 6.71. The number of benzene rings is 4. The smallest absolute Gasteiger partial charge is 0.238 e. The minimum absolute atomic E-state index is 0.282. The van der Waals surface area contributed by atoms with Gasteiger partial charge in [0.1, 0.15) is 0 Å². The van der Waals surface area contributed by atoms with E-state index in [1.54, 1.807) is 28.7 Å². The van der Waals surface area contributed by atoms with Crippen molar-refractivity contribution in [1.29, 1.82) is 5.26 Å². The molecule has 0 aliphatic heterocycles. The molecule has 2 aromatic heterocycles. The number of fused-ring (bicyclic) bond motifs is 5. The van der Waals surface area contributed by atoms with Crippen LogP contribution in [0.15, 0.2) is 84.9 Å². The van der Waals surface area contributed by atoms with E-state index in [4.69, 9.17) is 6.57 Å². The van der Waals surface area contributed by atoms with Crippen LogP contribution in [-0.2, 0) is 6.18 Å². The highest BCUT2D eigenvalue weighted by Crippen LogP contribution is 2.45. The zero-order chi connectivity index (χ0) is 28.7. The van der Waals surface area contributed by atoms with Crippen molar-refractivity contribution in [2.24, 2.45) is 0 Å². The summed E-state index contributed by atoms with van der Waals surface area (Å²) in [5.74, 6) is 0. The highest BCUT2D eigenvalue weighted by molar-refractivity contribution is 7.36. The predicted molar refractivity (Wildman–Crippen MR) is 165 cm³/mol. The van der Waals surface area contributed by atoms with Gasteiger partial charge in [-0.2, -0.15) is 18.4 Å². The summed E-state index contributed by atoms with van der Waals surface area (Å²) in [6, 6.07) is 27.2. The maximum absolute atomic E-state index is 12.9. The van der Waals surface area contributed by atoms with E-state index in [-0.39, 0.29) is 5.70 Å². The molecule has 41 heavy (non-hydrogen) atoms.